The van der Waals surface area contributed by atoms with Crippen molar-refractivity contribution in [3.63, 3.8) is 0 Å². The molecule has 1 unspecified atom stereocenters. The minimum Gasteiger partial charge on any atom is -0.310 e. The van der Waals surface area contributed by atoms with E-state index in [1.807, 2.05) is 21.0 Å². The highest BCUT2D eigenvalue weighted by atomic mass is 35.5. The normalized spacial score (nSPS) is 13.1. The van der Waals surface area contributed by atoms with Crippen molar-refractivity contribution in [1.29, 1.82) is 0 Å². The summed E-state index contributed by atoms with van der Waals surface area (Å²) < 4.78 is 13.4. The van der Waals surface area contributed by atoms with Crippen LogP contribution in [0.1, 0.15) is 24.9 Å². The predicted molar refractivity (Wildman–Crippen MR) is 76.0 cm³/mol. The first-order valence-corrected chi connectivity index (χ1v) is 6.70. The van der Waals surface area contributed by atoms with Gasteiger partial charge in [-0.2, -0.15) is 0 Å². The third-order valence-corrected chi connectivity index (χ3v) is 3.46. The van der Waals surface area contributed by atoms with Gasteiger partial charge >= 0.3 is 0 Å². The molecule has 0 fully saturated rings. The summed E-state index contributed by atoms with van der Waals surface area (Å²) in [7, 11) is 4.06. The largest absolute Gasteiger partial charge is 0.310 e. The van der Waals surface area contributed by atoms with E-state index in [0.29, 0.717) is 10.6 Å². The maximum absolute atomic E-state index is 13.4. The zero-order valence-corrected chi connectivity index (χ0v) is 12.4. The number of halogens is 3. The zero-order valence-electron chi connectivity index (χ0n) is 10.9. The Balaban J connectivity index is 2.61. The summed E-state index contributed by atoms with van der Waals surface area (Å²) in [6.45, 7) is 3.77. The minimum atomic E-state index is -0.432. The Labute approximate surface area is 118 Å². The predicted octanol–water partition coefficient (Wildman–Crippen LogP) is 3.73. The second kappa shape index (κ2) is 7.29. The lowest BCUT2D eigenvalue weighted by molar-refractivity contribution is 0.389. The summed E-state index contributed by atoms with van der Waals surface area (Å²) in [6.07, 6.45) is 1.02. The van der Waals surface area contributed by atoms with Crippen LogP contribution in [0.4, 0.5) is 4.39 Å². The first kappa shape index (κ1) is 15.7. The van der Waals surface area contributed by atoms with E-state index >= 15 is 0 Å². The second-order valence-electron chi connectivity index (χ2n) is 4.59. The molecule has 0 bridgehead atoms. The van der Waals surface area contributed by atoms with Crippen molar-refractivity contribution >= 4 is 23.2 Å². The van der Waals surface area contributed by atoms with Crippen molar-refractivity contribution in [1.82, 2.24) is 10.2 Å². The van der Waals surface area contributed by atoms with Gasteiger partial charge in [0.15, 0.2) is 0 Å². The quantitative estimate of drug-likeness (QED) is 0.635. The van der Waals surface area contributed by atoms with Crippen molar-refractivity contribution in [3.05, 3.63) is 33.6 Å². The first-order chi connectivity index (χ1) is 8.43. The van der Waals surface area contributed by atoms with Gasteiger partial charge in [0.05, 0.1) is 5.02 Å². The Kier molecular flexibility index (Phi) is 6.36. The zero-order chi connectivity index (χ0) is 13.7. The third-order valence-electron chi connectivity index (χ3n) is 2.75. The van der Waals surface area contributed by atoms with E-state index in [0.717, 1.165) is 19.5 Å². The van der Waals surface area contributed by atoms with Gasteiger partial charge in [0, 0.05) is 16.6 Å². The van der Waals surface area contributed by atoms with E-state index in [-0.39, 0.29) is 11.1 Å². The molecule has 102 valence electrons. The van der Waals surface area contributed by atoms with Gasteiger partial charge < -0.3 is 10.2 Å². The molecule has 1 atom stereocenters. The molecule has 0 aliphatic heterocycles. The number of benzene rings is 1. The average molecular weight is 293 g/mol. The second-order valence-corrected chi connectivity index (χ2v) is 5.37. The lowest BCUT2D eigenvalue weighted by Gasteiger charge is -2.18. The number of nitrogens with zero attached hydrogens (tertiary/aromatic N) is 1. The molecule has 0 aliphatic carbocycles. The van der Waals surface area contributed by atoms with Crippen molar-refractivity contribution < 1.29 is 4.39 Å². The van der Waals surface area contributed by atoms with Crippen molar-refractivity contribution in [3.8, 4) is 0 Å². The van der Waals surface area contributed by atoms with Crippen LogP contribution in [0.15, 0.2) is 12.1 Å². The maximum Gasteiger partial charge on any atom is 0.142 e. The molecule has 0 heterocycles. The van der Waals surface area contributed by atoms with Crippen LogP contribution in [-0.2, 0) is 0 Å². The average Bonchev–Trinajstić information content (AvgIpc) is 2.30. The number of rotatable bonds is 6. The van der Waals surface area contributed by atoms with Crippen LogP contribution in [0.3, 0.4) is 0 Å². The number of hydrogen-bond donors (Lipinski definition) is 1. The van der Waals surface area contributed by atoms with Gasteiger partial charge in [-0.25, -0.2) is 4.39 Å². The standard InChI is InChI=1S/C13H19Cl2FN2/c1-9(17-7-4-8-18(2)3)12-10(14)5-6-11(16)13(12)15/h5-6,9,17H,4,7-8H2,1-3H3. The fourth-order valence-electron chi connectivity index (χ4n) is 1.76. The molecule has 1 N–H and O–H groups in total. The van der Waals surface area contributed by atoms with Crippen LogP contribution in [0.2, 0.25) is 10.0 Å². The van der Waals surface area contributed by atoms with Gasteiger partial charge in [0.1, 0.15) is 5.82 Å². The van der Waals surface area contributed by atoms with Crippen LogP contribution in [0.25, 0.3) is 0 Å². The molecular weight excluding hydrogens is 274 g/mol. The molecule has 0 saturated carbocycles. The van der Waals surface area contributed by atoms with Crippen molar-refractivity contribution in [2.45, 2.75) is 19.4 Å². The van der Waals surface area contributed by atoms with Gasteiger partial charge in [0.2, 0.25) is 0 Å². The van der Waals surface area contributed by atoms with E-state index in [1.165, 1.54) is 12.1 Å². The van der Waals surface area contributed by atoms with Crippen LogP contribution in [-0.4, -0.2) is 32.1 Å². The van der Waals surface area contributed by atoms with E-state index in [9.17, 15) is 4.39 Å². The number of nitrogens with one attached hydrogen (secondary N) is 1. The molecule has 1 aromatic rings. The fourth-order valence-corrected chi connectivity index (χ4v) is 2.45. The molecule has 0 spiro atoms. The van der Waals surface area contributed by atoms with Gasteiger partial charge in [-0.3, -0.25) is 0 Å². The van der Waals surface area contributed by atoms with E-state index in [2.05, 4.69) is 10.2 Å². The third kappa shape index (κ3) is 4.39. The van der Waals surface area contributed by atoms with Crippen molar-refractivity contribution in [2.24, 2.45) is 0 Å². The molecule has 0 saturated heterocycles. The molecule has 0 aliphatic rings. The Morgan fingerprint density at radius 2 is 2.00 bits per heavy atom. The SMILES string of the molecule is CC(NCCCN(C)C)c1c(Cl)ccc(F)c1Cl. The molecule has 2 nitrogen and oxygen atoms in total. The fraction of sp³-hybridized carbons (Fsp3) is 0.538. The lowest BCUT2D eigenvalue weighted by atomic mass is 10.1. The van der Waals surface area contributed by atoms with Crippen LogP contribution < -0.4 is 5.32 Å². The molecule has 1 rings (SSSR count). The molecule has 0 radical (unpaired) electrons. The molecular formula is C13H19Cl2FN2. The summed E-state index contributed by atoms with van der Waals surface area (Å²) in [6, 6.07) is 2.76. The summed E-state index contributed by atoms with van der Waals surface area (Å²) in [5.74, 6) is -0.432. The summed E-state index contributed by atoms with van der Waals surface area (Å²) in [4.78, 5) is 2.12. The van der Waals surface area contributed by atoms with Crippen LogP contribution in [0, 0.1) is 5.82 Å². The Morgan fingerprint density at radius 1 is 1.33 bits per heavy atom. The summed E-state index contributed by atoms with van der Waals surface area (Å²) in [5, 5.41) is 3.90. The number of hydrogen-bond acceptors (Lipinski definition) is 2. The molecule has 0 aromatic heterocycles. The highest BCUT2D eigenvalue weighted by Gasteiger charge is 2.16. The van der Waals surface area contributed by atoms with E-state index in [1.54, 1.807) is 0 Å². The van der Waals surface area contributed by atoms with E-state index in [4.69, 9.17) is 23.2 Å². The Morgan fingerprint density at radius 3 is 2.61 bits per heavy atom. The van der Waals surface area contributed by atoms with Crippen LogP contribution >= 0.6 is 23.2 Å². The van der Waals surface area contributed by atoms with E-state index < -0.39 is 5.82 Å². The molecule has 1 aromatic carbocycles. The monoisotopic (exact) mass is 292 g/mol. The molecule has 5 heteroatoms. The molecule has 18 heavy (non-hydrogen) atoms. The van der Waals surface area contributed by atoms with Gasteiger partial charge in [-0.15, -0.1) is 0 Å². The summed E-state index contributed by atoms with van der Waals surface area (Å²) >= 11 is 12.0. The van der Waals surface area contributed by atoms with Gasteiger partial charge in [-0.05, 0) is 52.7 Å². The molecule has 0 amide bonds. The van der Waals surface area contributed by atoms with Gasteiger partial charge in [0.25, 0.3) is 0 Å². The smallest absolute Gasteiger partial charge is 0.142 e. The first-order valence-electron chi connectivity index (χ1n) is 5.95. The maximum atomic E-state index is 13.4. The highest BCUT2D eigenvalue weighted by Crippen LogP contribution is 2.32. The Bertz CT molecular complexity index is 397. The lowest BCUT2D eigenvalue weighted by Crippen LogP contribution is -2.24. The Hall–Kier alpha value is -0.350. The summed E-state index contributed by atoms with van der Waals surface area (Å²) in [5.41, 5.74) is 0.628. The minimum absolute atomic E-state index is 0.0668. The topological polar surface area (TPSA) is 15.3 Å². The van der Waals surface area contributed by atoms with Gasteiger partial charge in [-0.1, -0.05) is 23.2 Å². The van der Waals surface area contributed by atoms with Crippen LogP contribution in [0.5, 0.6) is 0 Å². The highest BCUT2D eigenvalue weighted by molar-refractivity contribution is 6.36. The van der Waals surface area contributed by atoms with Crippen molar-refractivity contribution in [2.75, 3.05) is 27.2 Å².